The average Bonchev–Trinajstić information content (AvgIpc) is 2.52. The van der Waals surface area contributed by atoms with E-state index in [0.717, 1.165) is 21.7 Å². The number of hydrogen-bond acceptors (Lipinski definition) is 2. The molecule has 3 N–H and O–H groups in total. The lowest BCUT2D eigenvalue weighted by atomic mass is 9.93. The molecule has 0 amide bonds. The minimum absolute atomic E-state index is 0.136. The van der Waals surface area contributed by atoms with Crippen LogP contribution in [0.5, 0.6) is 0 Å². The standard InChI is InChI=1S/C18H17ClN2/c1-12-6-4-11-16(17(12)19)18(21-20)15-10-5-8-13-7-2-3-9-14(13)15/h2-11,18,21H,20H2,1H3. The Morgan fingerprint density at radius 1 is 0.905 bits per heavy atom. The monoisotopic (exact) mass is 296 g/mol. The molecule has 3 rings (SSSR count). The smallest absolute Gasteiger partial charge is 0.0730 e. The molecule has 0 aliphatic rings. The second kappa shape index (κ2) is 5.86. The molecule has 1 atom stereocenters. The Hall–Kier alpha value is -1.87. The Labute approximate surface area is 129 Å². The quantitative estimate of drug-likeness (QED) is 0.557. The van der Waals surface area contributed by atoms with E-state index in [1.165, 1.54) is 10.8 Å². The first-order chi connectivity index (χ1) is 10.2. The first-order valence-electron chi connectivity index (χ1n) is 6.91. The number of nitrogens with one attached hydrogen (secondary N) is 1. The van der Waals surface area contributed by atoms with Gasteiger partial charge < -0.3 is 0 Å². The van der Waals surface area contributed by atoms with Crippen molar-refractivity contribution in [2.24, 2.45) is 5.84 Å². The summed E-state index contributed by atoms with van der Waals surface area (Å²) in [6.07, 6.45) is 0. The Bertz CT molecular complexity index is 778. The van der Waals surface area contributed by atoms with Crippen LogP contribution in [0, 0.1) is 6.92 Å². The van der Waals surface area contributed by atoms with Crippen molar-refractivity contribution in [3.8, 4) is 0 Å². The number of halogens is 1. The van der Waals surface area contributed by atoms with Crippen molar-refractivity contribution in [3.05, 3.63) is 82.4 Å². The highest BCUT2D eigenvalue weighted by molar-refractivity contribution is 6.32. The van der Waals surface area contributed by atoms with Crippen LogP contribution in [-0.2, 0) is 0 Å². The molecule has 3 heteroatoms. The number of nitrogens with two attached hydrogens (primary N) is 1. The molecule has 106 valence electrons. The van der Waals surface area contributed by atoms with Crippen LogP contribution in [-0.4, -0.2) is 0 Å². The summed E-state index contributed by atoms with van der Waals surface area (Å²) in [7, 11) is 0. The molecule has 3 aromatic carbocycles. The van der Waals surface area contributed by atoms with Crippen molar-refractivity contribution < 1.29 is 0 Å². The van der Waals surface area contributed by atoms with Crippen LogP contribution in [0.25, 0.3) is 10.8 Å². The zero-order chi connectivity index (χ0) is 14.8. The third-order valence-electron chi connectivity index (χ3n) is 3.83. The molecule has 3 aromatic rings. The van der Waals surface area contributed by atoms with E-state index in [0.29, 0.717) is 0 Å². The van der Waals surface area contributed by atoms with Crippen LogP contribution in [0.15, 0.2) is 60.7 Å². The average molecular weight is 297 g/mol. The molecule has 0 radical (unpaired) electrons. The highest BCUT2D eigenvalue weighted by atomic mass is 35.5. The molecule has 0 aliphatic heterocycles. The summed E-state index contributed by atoms with van der Waals surface area (Å²) in [5.74, 6) is 5.84. The minimum atomic E-state index is -0.136. The summed E-state index contributed by atoms with van der Waals surface area (Å²) in [6, 6.07) is 20.4. The first-order valence-corrected chi connectivity index (χ1v) is 7.29. The molecule has 0 saturated carbocycles. The van der Waals surface area contributed by atoms with Crippen molar-refractivity contribution in [2.75, 3.05) is 0 Å². The Morgan fingerprint density at radius 2 is 1.57 bits per heavy atom. The van der Waals surface area contributed by atoms with E-state index < -0.39 is 0 Å². The summed E-state index contributed by atoms with van der Waals surface area (Å²) >= 11 is 6.47. The third-order valence-corrected chi connectivity index (χ3v) is 4.35. The van der Waals surface area contributed by atoms with Gasteiger partial charge in [-0.1, -0.05) is 72.3 Å². The molecule has 21 heavy (non-hydrogen) atoms. The van der Waals surface area contributed by atoms with E-state index in [2.05, 4.69) is 29.7 Å². The van der Waals surface area contributed by atoms with Gasteiger partial charge in [-0.2, -0.15) is 0 Å². The van der Waals surface area contributed by atoms with Gasteiger partial charge in [0, 0.05) is 5.02 Å². The SMILES string of the molecule is Cc1cccc(C(NN)c2cccc3ccccc23)c1Cl. The normalized spacial score (nSPS) is 12.5. The molecule has 0 heterocycles. The minimum Gasteiger partial charge on any atom is -0.271 e. The molecule has 2 nitrogen and oxygen atoms in total. The summed E-state index contributed by atoms with van der Waals surface area (Å²) in [4.78, 5) is 0. The Morgan fingerprint density at radius 3 is 2.38 bits per heavy atom. The predicted octanol–water partition coefficient (Wildman–Crippen LogP) is 4.35. The molecule has 0 spiro atoms. The number of hydrazine groups is 1. The molecule has 0 saturated heterocycles. The summed E-state index contributed by atoms with van der Waals surface area (Å²) in [5, 5.41) is 3.13. The zero-order valence-electron chi connectivity index (χ0n) is 11.8. The molecule has 0 bridgehead atoms. The molecule has 1 unspecified atom stereocenters. The van der Waals surface area contributed by atoms with E-state index in [4.69, 9.17) is 17.4 Å². The molecule has 0 fully saturated rings. The fraction of sp³-hybridized carbons (Fsp3) is 0.111. The van der Waals surface area contributed by atoms with Crippen LogP contribution in [0.4, 0.5) is 0 Å². The topological polar surface area (TPSA) is 38.0 Å². The van der Waals surface area contributed by atoms with Gasteiger partial charge in [0.1, 0.15) is 0 Å². The van der Waals surface area contributed by atoms with Gasteiger partial charge in [0.2, 0.25) is 0 Å². The van der Waals surface area contributed by atoms with Gasteiger partial charge in [-0.15, -0.1) is 0 Å². The maximum absolute atomic E-state index is 6.47. The number of rotatable bonds is 3. The number of hydrogen-bond donors (Lipinski definition) is 2. The van der Waals surface area contributed by atoms with E-state index in [1.54, 1.807) is 0 Å². The van der Waals surface area contributed by atoms with Crippen LogP contribution in [0.3, 0.4) is 0 Å². The Kier molecular flexibility index (Phi) is 3.93. The zero-order valence-corrected chi connectivity index (χ0v) is 12.6. The second-order valence-electron chi connectivity index (χ2n) is 5.15. The van der Waals surface area contributed by atoms with Gasteiger partial charge in [-0.05, 0) is 34.4 Å². The molecular weight excluding hydrogens is 280 g/mol. The first kappa shape index (κ1) is 14.1. The van der Waals surface area contributed by atoms with Gasteiger partial charge >= 0.3 is 0 Å². The fourth-order valence-electron chi connectivity index (χ4n) is 2.74. The lowest BCUT2D eigenvalue weighted by molar-refractivity contribution is 0.641. The predicted molar refractivity (Wildman–Crippen MR) is 89.3 cm³/mol. The number of benzene rings is 3. The molecular formula is C18H17ClN2. The summed E-state index contributed by atoms with van der Waals surface area (Å²) < 4.78 is 0. The summed E-state index contributed by atoms with van der Waals surface area (Å²) in [6.45, 7) is 2.00. The van der Waals surface area contributed by atoms with Crippen molar-refractivity contribution >= 4 is 22.4 Å². The van der Waals surface area contributed by atoms with E-state index in [9.17, 15) is 0 Å². The lowest BCUT2D eigenvalue weighted by Gasteiger charge is -2.21. The van der Waals surface area contributed by atoms with Crippen LogP contribution >= 0.6 is 11.6 Å². The van der Waals surface area contributed by atoms with Crippen LogP contribution in [0.1, 0.15) is 22.7 Å². The second-order valence-corrected chi connectivity index (χ2v) is 5.52. The van der Waals surface area contributed by atoms with Gasteiger partial charge in [-0.3, -0.25) is 5.84 Å². The van der Waals surface area contributed by atoms with Gasteiger partial charge in [0.25, 0.3) is 0 Å². The van der Waals surface area contributed by atoms with E-state index in [-0.39, 0.29) is 6.04 Å². The largest absolute Gasteiger partial charge is 0.271 e. The van der Waals surface area contributed by atoms with Crippen molar-refractivity contribution in [1.82, 2.24) is 5.43 Å². The maximum atomic E-state index is 6.47. The molecule has 0 aliphatic carbocycles. The van der Waals surface area contributed by atoms with Gasteiger partial charge in [0.15, 0.2) is 0 Å². The van der Waals surface area contributed by atoms with Crippen LogP contribution < -0.4 is 11.3 Å². The number of aryl methyl sites for hydroxylation is 1. The highest BCUT2D eigenvalue weighted by Crippen LogP contribution is 2.33. The highest BCUT2D eigenvalue weighted by Gasteiger charge is 2.18. The van der Waals surface area contributed by atoms with Gasteiger partial charge in [-0.25, -0.2) is 5.43 Å². The van der Waals surface area contributed by atoms with Crippen molar-refractivity contribution in [2.45, 2.75) is 13.0 Å². The lowest BCUT2D eigenvalue weighted by Crippen LogP contribution is -2.29. The third kappa shape index (κ3) is 2.54. The van der Waals surface area contributed by atoms with E-state index >= 15 is 0 Å². The van der Waals surface area contributed by atoms with Crippen molar-refractivity contribution in [1.29, 1.82) is 0 Å². The fourth-order valence-corrected chi connectivity index (χ4v) is 2.98. The molecule has 0 aromatic heterocycles. The van der Waals surface area contributed by atoms with Crippen LogP contribution in [0.2, 0.25) is 5.02 Å². The maximum Gasteiger partial charge on any atom is 0.0730 e. The Balaban J connectivity index is 2.21. The van der Waals surface area contributed by atoms with Crippen molar-refractivity contribution in [3.63, 3.8) is 0 Å². The van der Waals surface area contributed by atoms with E-state index in [1.807, 2.05) is 43.3 Å². The van der Waals surface area contributed by atoms with Gasteiger partial charge in [0.05, 0.1) is 6.04 Å². The summed E-state index contributed by atoms with van der Waals surface area (Å²) in [5.41, 5.74) is 6.08. The number of fused-ring (bicyclic) bond motifs is 1.